The van der Waals surface area contributed by atoms with E-state index in [1.54, 1.807) is 18.2 Å². The largest absolute Gasteiger partial charge is 0.451 e. The second-order valence-corrected chi connectivity index (χ2v) is 6.11. The quantitative estimate of drug-likeness (QED) is 0.624. The summed E-state index contributed by atoms with van der Waals surface area (Å²) in [5.41, 5.74) is 1.75. The Kier molecular flexibility index (Phi) is 5.61. The van der Waals surface area contributed by atoms with E-state index >= 15 is 0 Å². The van der Waals surface area contributed by atoms with E-state index in [0.717, 1.165) is 5.56 Å². The van der Waals surface area contributed by atoms with Gasteiger partial charge in [0, 0.05) is 5.39 Å². The molecule has 7 heteroatoms. The van der Waals surface area contributed by atoms with Crippen molar-refractivity contribution >= 4 is 28.6 Å². The monoisotopic (exact) mass is 365 g/mol. The molecule has 3 rings (SSSR count). The lowest BCUT2D eigenvalue weighted by atomic mass is 10.0. The Labute approximate surface area is 155 Å². The first-order chi connectivity index (χ1) is 13.0. The maximum Gasteiger partial charge on any atom is 0.359 e. The van der Waals surface area contributed by atoms with Crippen molar-refractivity contribution in [3.05, 3.63) is 65.9 Å². The molecule has 0 aliphatic heterocycles. The number of ketones is 1. The molecular formula is C20H19N3O4. The Morgan fingerprint density at radius 3 is 2.52 bits per heavy atom. The van der Waals surface area contributed by atoms with Crippen molar-refractivity contribution in [2.24, 2.45) is 0 Å². The maximum absolute atomic E-state index is 12.2. The molecule has 2 aromatic carbocycles. The van der Waals surface area contributed by atoms with Gasteiger partial charge in [-0.2, -0.15) is 5.10 Å². The molecule has 0 aliphatic rings. The molecule has 1 heterocycles. The molecule has 1 amide bonds. The summed E-state index contributed by atoms with van der Waals surface area (Å²) in [7, 11) is 0. The number of aromatic nitrogens is 2. The predicted octanol–water partition coefficient (Wildman–Crippen LogP) is 2.04. The summed E-state index contributed by atoms with van der Waals surface area (Å²) < 4.78 is 5.04. The number of Topliss-reactive ketones (excluding diaryl/α,β-unsaturated/α-hetero) is 1. The van der Waals surface area contributed by atoms with Gasteiger partial charge < -0.3 is 10.1 Å². The number of rotatable bonds is 7. The molecule has 0 unspecified atom stereocenters. The minimum absolute atomic E-state index is 0.116. The SMILES string of the molecule is CC(=O)[C@@H](Cc1ccccc1)NC(=O)COC(=O)c1n[nH]c2ccccc12. The Hall–Kier alpha value is -3.48. The molecule has 1 aromatic heterocycles. The number of benzene rings is 2. The van der Waals surface area contributed by atoms with Gasteiger partial charge in [0.1, 0.15) is 0 Å². The topological polar surface area (TPSA) is 101 Å². The fourth-order valence-electron chi connectivity index (χ4n) is 2.70. The first-order valence-electron chi connectivity index (χ1n) is 8.48. The number of hydrogen-bond donors (Lipinski definition) is 2. The van der Waals surface area contributed by atoms with E-state index in [2.05, 4.69) is 15.5 Å². The summed E-state index contributed by atoms with van der Waals surface area (Å²) in [6.07, 6.45) is 0.375. The van der Waals surface area contributed by atoms with Crippen LogP contribution in [0.3, 0.4) is 0 Å². The normalized spacial score (nSPS) is 11.7. The zero-order valence-corrected chi connectivity index (χ0v) is 14.8. The lowest BCUT2D eigenvalue weighted by Gasteiger charge is -2.16. The zero-order chi connectivity index (χ0) is 19.2. The average Bonchev–Trinajstić information content (AvgIpc) is 3.10. The Bertz CT molecular complexity index is 966. The van der Waals surface area contributed by atoms with Gasteiger partial charge in [0.05, 0.1) is 11.6 Å². The summed E-state index contributed by atoms with van der Waals surface area (Å²) in [6.45, 7) is 0.925. The molecule has 0 saturated carbocycles. The highest BCUT2D eigenvalue weighted by Crippen LogP contribution is 2.15. The number of fused-ring (bicyclic) bond motifs is 1. The molecule has 7 nitrogen and oxygen atoms in total. The Balaban J connectivity index is 1.57. The molecule has 1 atom stereocenters. The number of aromatic amines is 1. The van der Waals surface area contributed by atoms with Crippen LogP contribution in [0.25, 0.3) is 10.9 Å². The number of esters is 1. The van der Waals surface area contributed by atoms with Crippen molar-refractivity contribution < 1.29 is 19.1 Å². The van der Waals surface area contributed by atoms with Crippen LogP contribution in [0, 0.1) is 0 Å². The summed E-state index contributed by atoms with van der Waals surface area (Å²) >= 11 is 0. The number of nitrogens with one attached hydrogen (secondary N) is 2. The third-order valence-electron chi connectivity index (χ3n) is 4.11. The van der Waals surface area contributed by atoms with E-state index in [1.165, 1.54) is 6.92 Å². The number of H-pyrrole nitrogens is 1. The van der Waals surface area contributed by atoms with Crippen LogP contribution in [0.15, 0.2) is 54.6 Å². The molecule has 2 N–H and O–H groups in total. The van der Waals surface area contributed by atoms with Crippen molar-refractivity contribution in [2.75, 3.05) is 6.61 Å². The van der Waals surface area contributed by atoms with Crippen molar-refractivity contribution in [1.29, 1.82) is 0 Å². The minimum Gasteiger partial charge on any atom is -0.451 e. The van der Waals surface area contributed by atoms with Gasteiger partial charge in [-0.1, -0.05) is 48.5 Å². The molecule has 0 aliphatic carbocycles. The summed E-state index contributed by atoms with van der Waals surface area (Å²) in [4.78, 5) is 36.1. The second kappa shape index (κ2) is 8.27. The summed E-state index contributed by atoms with van der Waals surface area (Å²) in [6, 6.07) is 15.8. The number of amides is 1. The molecule has 138 valence electrons. The van der Waals surface area contributed by atoms with Crippen molar-refractivity contribution in [1.82, 2.24) is 15.5 Å². The van der Waals surface area contributed by atoms with Crippen LogP contribution < -0.4 is 5.32 Å². The van der Waals surface area contributed by atoms with Crippen LogP contribution in [-0.2, 0) is 20.7 Å². The third-order valence-corrected chi connectivity index (χ3v) is 4.11. The first-order valence-corrected chi connectivity index (χ1v) is 8.48. The van der Waals surface area contributed by atoms with Gasteiger partial charge in [0.2, 0.25) is 0 Å². The standard InChI is InChI=1S/C20H19N3O4/c1-13(24)17(11-14-7-3-2-4-8-14)21-18(25)12-27-20(26)19-15-9-5-6-10-16(15)22-23-19/h2-10,17H,11-12H2,1H3,(H,21,25)(H,22,23)/t17-/m1/s1. The number of nitrogens with zero attached hydrogens (tertiary/aromatic N) is 1. The van der Waals surface area contributed by atoms with Gasteiger partial charge in [-0.05, 0) is 25.0 Å². The van der Waals surface area contributed by atoms with Crippen LogP contribution in [0.5, 0.6) is 0 Å². The number of para-hydroxylation sites is 1. The maximum atomic E-state index is 12.2. The molecule has 0 saturated heterocycles. The highest BCUT2D eigenvalue weighted by Gasteiger charge is 2.20. The molecule has 0 radical (unpaired) electrons. The van der Waals surface area contributed by atoms with Gasteiger partial charge in [-0.15, -0.1) is 0 Å². The molecule has 0 spiro atoms. The number of ether oxygens (including phenoxy) is 1. The van der Waals surface area contributed by atoms with Crippen molar-refractivity contribution in [3.8, 4) is 0 Å². The van der Waals surface area contributed by atoms with Crippen LogP contribution in [0.1, 0.15) is 23.0 Å². The number of carbonyl (C=O) groups excluding carboxylic acids is 3. The lowest BCUT2D eigenvalue weighted by Crippen LogP contribution is -2.43. The Morgan fingerprint density at radius 2 is 1.78 bits per heavy atom. The number of carbonyl (C=O) groups is 3. The summed E-state index contributed by atoms with van der Waals surface area (Å²) in [5.74, 6) is -1.42. The predicted molar refractivity (Wildman–Crippen MR) is 99.1 cm³/mol. The van der Waals surface area contributed by atoms with E-state index in [-0.39, 0.29) is 11.5 Å². The van der Waals surface area contributed by atoms with Crippen LogP contribution in [0.4, 0.5) is 0 Å². The first kappa shape index (κ1) is 18.3. The number of hydrogen-bond acceptors (Lipinski definition) is 5. The van der Waals surface area contributed by atoms with E-state index in [0.29, 0.717) is 17.3 Å². The van der Waals surface area contributed by atoms with Gasteiger partial charge in [0.25, 0.3) is 5.91 Å². The van der Waals surface area contributed by atoms with E-state index in [4.69, 9.17) is 4.74 Å². The van der Waals surface area contributed by atoms with E-state index in [9.17, 15) is 14.4 Å². The fourth-order valence-corrected chi connectivity index (χ4v) is 2.70. The van der Waals surface area contributed by atoms with Crippen molar-refractivity contribution in [2.45, 2.75) is 19.4 Å². The van der Waals surface area contributed by atoms with Gasteiger partial charge >= 0.3 is 5.97 Å². The Morgan fingerprint density at radius 1 is 1.07 bits per heavy atom. The molecule has 27 heavy (non-hydrogen) atoms. The van der Waals surface area contributed by atoms with Gasteiger partial charge in [0.15, 0.2) is 18.1 Å². The highest BCUT2D eigenvalue weighted by atomic mass is 16.5. The van der Waals surface area contributed by atoms with Crippen molar-refractivity contribution in [3.63, 3.8) is 0 Å². The van der Waals surface area contributed by atoms with Crippen LogP contribution >= 0.6 is 0 Å². The third kappa shape index (κ3) is 4.58. The zero-order valence-electron chi connectivity index (χ0n) is 14.8. The molecule has 3 aromatic rings. The summed E-state index contributed by atoms with van der Waals surface area (Å²) in [5, 5.41) is 9.90. The average molecular weight is 365 g/mol. The highest BCUT2D eigenvalue weighted by molar-refractivity contribution is 6.02. The molecular weight excluding hydrogens is 346 g/mol. The second-order valence-electron chi connectivity index (χ2n) is 6.11. The van der Waals surface area contributed by atoms with Crippen LogP contribution in [-0.4, -0.2) is 40.5 Å². The minimum atomic E-state index is -0.704. The smallest absolute Gasteiger partial charge is 0.359 e. The van der Waals surface area contributed by atoms with Gasteiger partial charge in [-0.3, -0.25) is 14.7 Å². The van der Waals surface area contributed by atoms with Crippen LogP contribution in [0.2, 0.25) is 0 Å². The van der Waals surface area contributed by atoms with Gasteiger partial charge in [-0.25, -0.2) is 4.79 Å². The fraction of sp³-hybridized carbons (Fsp3) is 0.200. The molecule has 0 fully saturated rings. The lowest BCUT2D eigenvalue weighted by molar-refractivity contribution is -0.128. The molecule has 0 bridgehead atoms. The van der Waals surface area contributed by atoms with E-state index in [1.807, 2.05) is 36.4 Å². The van der Waals surface area contributed by atoms with E-state index < -0.39 is 24.5 Å².